The fraction of sp³-hybridized carbons (Fsp3) is 0.333. The summed E-state index contributed by atoms with van der Waals surface area (Å²) in [6.45, 7) is 6.92. The van der Waals surface area contributed by atoms with E-state index in [1.54, 1.807) is 30.5 Å². The van der Waals surface area contributed by atoms with Gasteiger partial charge in [-0.05, 0) is 37.1 Å². The first-order chi connectivity index (χ1) is 15.1. The number of morpholine rings is 1. The first-order valence-corrected chi connectivity index (χ1v) is 10.9. The Labute approximate surface area is 186 Å². The Morgan fingerprint density at radius 2 is 1.87 bits per heavy atom. The molecule has 1 aliphatic rings. The molecule has 0 amide bonds. The van der Waals surface area contributed by atoms with Crippen LogP contribution >= 0.6 is 11.6 Å². The van der Waals surface area contributed by atoms with Crippen molar-refractivity contribution in [2.24, 2.45) is 4.99 Å². The third-order valence-electron chi connectivity index (χ3n) is 5.67. The van der Waals surface area contributed by atoms with Gasteiger partial charge in [-0.3, -0.25) is 14.7 Å². The number of benzene rings is 2. The van der Waals surface area contributed by atoms with E-state index in [0.717, 1.165) is 44.8 Å². The Morgan fingerprint density at radius 1 is 1.13 bits per heavy atom. The number of aromatic nitrogens is 1. The Bertz CT molecular complexity index is 1170. The van der Waals surface area contributed by atoms with Gasteiger partial charge in [0.15, 0.2) is 0 Å². The zero-order valence-corrected chi connectivity index (χ0v) is 18.3. The highest BCUT2D eigenvalue weighted by molar-refractivity contribution is 6.31. The van der Waals surface area contributed by atoms with Gasteiger partial charge < -0.3 is 9.84 Å². The van der Waals surface area contributed by atoms with Crippen molar-refractivity contribution in [1.29, 1.82) is 0 Å². The minimum atomic E-state index is -0.289. The molecule has 0 bridgehead atoms. The third kappa shape index (κ3) is 4.51. The van der Waals surface area contributed by atoms with Gasteiger partial charge in [-0.1, -0.05) is 35.9 Å². The second-order valence-corrected chi connectivity index (χ2v) is 8.06. The number of aliphatic imine (C=N–C) groups is 1. The second-order valence-electron chi connectivity index (χ2n) is 7.65. The predicted molar refractivity (Wildman–Crippen MR) is 125 cm³/mol. The van der Waals surface area contributed by atoms with Gasteiger partial charge in [-0.15, -0.1) is 0 Å². The summed E-state index contributed by atoms with van der Waals surface area (Å²) >= 11 is 6.27. The number of aromatic hydroxyl groups is 1. The molecule has 1 N–H and O–H groups in total. The van der Waals surface area contributed by atoms with E-state index < -0.39 is 0 Å². The van der Waals surface area contributed by atoms with Gasteiger partial charge in [0.1, 0.15) is 0 Å². The van der Waals surface area contributed by atoms with Gasteiger partial charge in [0.25, 0.3) is 5.56 Å². The molecule has 1 fully saturated rings. The highest BCUT2D eigenvalue weighted by atomic mass is 35.5. The molecule has 0 atom stereocenters. The Kier molecular flexibility index (Phi) is 6.70. The van der Waals surface area contributed by atoms with Gasteiger partial charge >= 0.3 is 0 Å². The van der Waals surface area contributed by atoms with Crippen LogP contribution in [0.5, 0.6) is 5.88 Å². The second kappa shape index (κ2) is 9.64. The summed E-state index contributed by atoms with van der Waals surface area (Å²) in [5.74, 6) is -0.133. The number of rotatable bonds is 6. The van der Waals surface area contributed by atoms with E-state index in [9.17, 15) is 9.90 Å². The summed E-state index contributed by atoms with van der Waals surface area (Å²) in [7, 11) is 0. The van der Waals surface area contributed by atoms with Crippen LogP contribution in [0.25, 0.3) is 16.5 Å². The maximum atomic E-state index is 13.2. The molecule has 2 heterocycles. The minimum Gasteiger partial charge on any atom is -0.494 e. The number of hydrogen-bond acceptors (Lipinski definition) is 5. The number of ether oxygens (including phenoxy) is 1. The fourth-order valence-electron chi connectivity index (χ4n) is 3.92. The summed E-state index contributed by atoms with van der Waals surface area (Å²) in [5.41, 5.74) is 1.52. The van der Waals surface area contributed by atoms with Crippen LogP contribution in [0, 0.1) is 6.92 Å². The van der Waals surface area contributed by atoms with Gasteiger partial charge in [0.2, 0.25) is 5.88 Å². The Hall–Kier alpha value is -2.67. The standard InChI is InChI=1S/C24H26ClN3O3/c1-17-21(25)8-4-9-22(17)28-23(29)19-7-3-2-6-18(19)20(24(28)30)16-26-10-5-11-27-12-14-31-15-13-27/h2-4,6-9,16,30H,5,10-15H2,1H3. The highest BCUT2D eigenvalue weighted by Crippen LogP contribution is 2.29. The first-order valence-electron chi connectivity index (χ1n) is 10.5. The van der Waals surface area contributed by atoms with Crippen molar-refractivity contribution in [2.75, 3.05) is 39.4 Å². The minimum absolute atomic E-state index is 0.133. The van der Waals surface area contributed by atoms with Crippen LogP contribution in [0.3, 0.4) is 0 Å². The lowest BCUT2D eigenvalue weighted by atomic mass is 10.1. The molecule has 0 unspecified atom stereocenters. The van der Waals surface area contributed by atoms with E-state index in [2.05, 4.69) is 9.89 Å². The molecule has 0 spiro atoms. The van der Waals surface area contributed by atoms with Gasteiger partial charge in [-0.25, -0.2) is 4.57 Å². The molecular weight excluding hydrogens is 414 g/mol. The van der Waals surface area contributed by atoms with Gasteiger partial charge in [-0.2, -0.15) is 0 Å². The quantitative estimate of drug-likeness (QED) is 0.468. The van der Waals surface area contributed by atoms with Crippen LogP contribution in [0.15, 0.2) is 52.3 Å². The van der Waals surface area contributed by atoms with Gasteiger partial charge in [0, 0.05) is 48.2 Å². The molecule has 3 aromatic rings. The molecule has 31 heavy (non-hydrogen) atoms. The molecule has 162 valence electrons. The smallest absolute Gasteiger partial charge is 0.265 e. The van der Waals surface area contributed by atoms with E-state index in [4.69, 9.17) is 16.3 Å². The van der Waals surface area contributed by atoms with E-state index >= 15 is 0 Å². The number of hydrogen-bond donors (Lipinski definition) is 1. The van der Waals surface area contributed by atoms with E-state index in [1.165, 1.54) is 4.57 Å². The SMILES string of the molecule is Cc1c(Cl)cccc1-n1c(O)c(C=NCCCN2CCOCC2)c2ccccc2c1=O. The average molecular weight is 440 g/mol. The molecule has 7 heteroatoms. The number of pyridine rings is 1. The van der Waals surface area contributed by atoms with Crippen molar-refractivity contribution in [2.45, 2.75) is 13.3 Å². The van der Waals surface area contributed by atoms with Crippen molar-refractivity contribution >= 4 is 28.6 Å². The van der Waals surface area contributed by atoms with E-state index in [0.29, 0.717) is 33.6 Å². The maximum absolute atomic E-state index is 13.2. The number of fused-ring (bicyclic) bond motifs is 1. The van der Waals surface area contributed by atoms with Crippen molar-refractivity contribution in [3.8, 4) is 11.6 Å². The van der Waals surface area contributed by atoms with Crippen LogP contribution in [-0.4, -0.2) is 60.2 Å². The molecule has 4 rings (SSSR count). The summed E-state index contributed by atoms with van der Waals surface area (Å²) in [6.07, 6.45) is 2.59. The first kappa shape index (κ1) is 21.6. The normalized spacial score (nSPS) is 15.2. The van der Waals surface area contributed by atoms with Crippen molar-refractivity contribution in [3.05, 3.63) is 69.0 Å². The molecule has 1 aromatic heterocycles. The fourth-order valence-corrected chi connectivity index (χ4v) is 4.09. The van der Waals surface area contributed by atoms with Crippen LogP contribution in [0.1, 0.15) is 17.5 Å². The van der Waals surface area contributed by atoms with Crippen LogP contribution in [0.4, 0.5) is 0 Å². The lowest BCUT2D eigenvalue weighted by Gasteiger charge is -2.26. The molecule has 0 radical (unpaired) electrons. The zero-order valence-electron chi connectivity index (χ0n) is 17.6. The van der Waals surface area contributed by atoms with Crippen molar-refractivity contribution < 1.29 is 9.84 Å². The summed E-state index contributed by atoms with van der Waals surface area (Å²) < 4.78 is 6.70. The largest absolute Gasteiger partial charge is 0.494 e. The Balaban J connectivity index is 1.68. The molecule has 0 saturated carbocycles. The topological polar surface area (TPSA) is 67.1 Å². The predicted octanol–water partition coefficient (Wildman–Crippen LogP) is 3.80. The number of nitrogens with zero attached hydrogens (tertiary/aromatic N) is 3. The van der Waals surface area contributed by atoms with Crippen LogP contribution < -0.4 is 5.56 Å². The zero-order chi connectivity index (χ0) is 21.8. The molecular formula is C24H26ClN3O3. The molecule has 1 aliphatic heterocycles. The lowest BCUT2D eigenvalue weighted by Crippen LogP contribution is -2.37. The molecule has 0 aliphatic carbocycles. The maximum Gasteiger partial charge on any atom is 0.265 e. The number of halogens is 1. The Morgan fingerprint density at radius 3 is 2.65 bits per heavy atom. The third-order valence-corrected chi connectivity index (χ3v) is 6.08. The molecule has 2 aromatic carbocycles. The summed E-state index contributed by atoms with van der Waals surface area (Å²) in [4.78, 5) is 20.1. The average Bonchev–Trinajstić information content (AvgIpc) is 2.79. The summed E-state index contributed by atoms with van der Waals surface area (Å²) in [6, 6.07) is 12.6. The summed E-state index contributed by atoms with van der Waals surface area (Å²) in [5, 5.41) is 12.8. The lowest BCUT2D eigenvalue weighted by molar-refractivity contribution is 0.0377. The van der Waals surface area contributed by atoms with Crippen molar-refractivity contribution in [1.82, 2.24) is 9.47 Å². The van der Waals surface area contributed by atoms with Gasteiger partial charge in [0.05, 0.1) is 24.5 Å². The van der Waals surface area contributed by atoms with E-state index in [-0.39, 0.29) is 11.4 Å². The van der Waals surface area contributed by atoms with Crippen LogP contribution in [0.2, 0.25) is 5.02 Å². The highest BCUT2D eigenvalue weighted by Gasteiger charge is 2.18. The molecule has 6 nitrogen and oxygen atoms in total. The monoisotopic (exact) mass is 439 g/mol. The van der Waals surface area contributed by atoms with E-state index in [1.807, 2.05) is 25.1 Å². The van der Waals surface area contributed by atoms with Crippen LogP contribution in [-0.2, 0) is 4.74 Å². The van der Waals surface area contributed by atoms with Crippen molar-refractivity contribution in [3.63, 3.8) is 0 Å². The molecule has 1 saturated heterocycles.